The molecule has 0 bridgehead atoms. The Labute approximate surface area is 105 Å². The minimum absolute atomic E-state index is 0.271. The standard InChI is InChI=1S/C11H16ClN3O2/c1-3-9(7(2)16)15-11(17)14-8-4-5-13-10(12)6-8/h4-7,9,16H,3H2,1-2H3,(H2,13,14,15,17). The van der Waals surface area contributed by atoms with Gasteiger partial charge in [-0.2, -0.15) is 0 Å². The summed E-state index contributed by atoms with van der Waals surface area (Å²) in [6, 6.07) is 2.53. The van der Waals surface area contributed by atoms with Crippen LogP contribution in [0.25, 0.3) is 0 Å². The quantitative estimate of drug-likeness (QED) is 0.723. The first kappa shape index (κ1) is 13.7. The molecule has 6 heteroatoms. The molecular weight excluding hydrogens is 242 g/mol. The van der Waals surface area contributed by atoms with E-state index in [4.69, 9.17) is 11.6 Å². The molecule has 1 heterocycles. The Morgan fingerprint density at radius 3 is 2.88 bits per heavy atom. The topological polar surface area (TPSA) is 74.2 Å². The summed E-state index contributed by atoms with van der Waals surface area (Å²) in [5.74, 6) is 0. The zero-order chi connectivity index (χ0) is 12.8. The summed E-state index contributed by atoms with van der Waals surface area (Å²) in [6.45, 7) is 3.53. The van der Waals surface area contributed by atoms with Crippen LogP contribution in [0.2, 0.25) is 5.15 Å². The molecule has 0 spiro atoms. The number of nitrogens with zero attached hydrogens (tertiary/aromatic N) is 1. The SMILES string of the molecule is CCC(NC(=O)Nc1ccnc(Cl)c1)C(C)O. The lowest BCUT2D eigenvalue weighted by molar-refractivity contribution is 0.145. The monoisotopic (exact) mass is 257 g/mol. The van der Waals surface area contributed by atoms with E-state index >= 15 is 0 Å². The first-order valence-electron chi connectivity index (χ1n) is 5.40. The predicted octanol–water partition coefficient (Wildman–Crippen LogP) is 2.02. The second kappa shape index (κ2) is 6.42. The van der Waals surface area contributed by atoms with E-state index in [1.807, 2.05) is 6.92 Å². The van der Waals surface area contributed by atoms with Crippen LogP contribution in [0.3, 0.4) is 0 Å². The number of urea groups is 1. The van der Waals surface area contributed by atoms with Gasteiger partial charge in [0.15, 0.2) is 0 Å². The van der Waals surface area contributed by atoms with Crippen molar-refractivity contribution in [2.45, 2.75) is 32.4 Å². The summed E-state index contributed by atoms with van der Waals surface area (Å²) >= 11 is 5.69. The highest BCUT2D eigenvalue weighted by Crippen LogP contribution is 2.11. The number of halogens is 1. The average Bonchev–Trinajstić information content (AvgIpc) is 2.25. The molecule has 0 aliphatic heterocycles. The van der Waals surface area contributed by atoms with Gasteiger partial charge in [0.2, 0.25) is 0 Å². The van der Waals surface area contributed by atoms with Crippen LogP contribution in [0.5, 0.6) is 0 Å². The summed E-state index contributed by atoms with van der Waals surface area (Å²) in [6.07, 6.45) is 1.57. The Kier molecular flexibility index (Phi) is 5.18. The van der Waals surface area contributed by atoms with E-state index in [9.17, 15) is 9.90 Å². The second-order valence-corrected chi connectivity index (χ2v) is 4.11. The van der Waals surface area contributed by atoms with Crippen molar-refractivity contribution in [2.75, 3.05) is 5.32 Å². The van der Waals surface area contributed by atoms with Crippen LogP contribution in [0.1, 0.15) is 20.3 Å². The molecule has 0 aliphatic carbocycles. The fraction of sp³-hybridized carbons (Fsp3) is 0.455. The average molecular weight is 258 g/mol. The van der Waals surface area contributed by atoms with Crippen molar-refractivity contribution in [1.82, 2.24) is 10.3 Å². The Morgan fingerprint density at radius 2 is 2.35 bits per heavy atom. The number of hydrogen-bond acceptors (Lipinski definition) is 3. The number of nitrogens with one attached hydrogen (secondary N) is 2. The zero-order valence-electron chi connectivity index (χ0n) is 9.77. The van der Waals surface area contributed by atoms with Gasteiger partial charge in [0.25, 0.3) is 0 Å². The number of carbonyl (C=O) groups excluding carboxylic acids is 1. The number of rotatable bonds is 4. The minimum atomic E-state index is -0.591. The van der Waals surface area contributed by atoms with E-state index in [1.54, 1.807) is 19.1 Å². The normalized spacial score (nSPS) is 13.9. The van der Waals surface area contributed by atoms with Gasteiger partial charge in [-0.25, -0.2) is 9.78 Å². The van der Waals surface area contributed by atoms with Gasteiger partial charge in [-0.3, -0.25) is 0 Å². The molecule has 3 N–H and O–H groups in total. The van der Waals surface area contributed by atoms with Crippen molar-refractivity contribution in [3.8, 4) is 0 Å². The highest BCUT2D eigenvalue weighted by atomic mass is 35.5. The van der Waals surface area contributed by atoms with E-state index in [2.05, 4.69) is 15.6 Å². The molecule has 1 rings (SSSR count). The predicted molar refractivity (Wildman–Crippen MR) is 67.2 cm³/mol. The van der Waals surface area contributed by atoms with E-state index < -0.39 is 6.10 Å². The zero-order valence-corrected chi connectivity index (χ0v) is 10.5. The summed E-state index contributed by atoms with van der Waals surface area (Å²) in [7, 11) is 0. The van der Waals surface area contributed by atoms with Gasteiger partial charge < -0.3 is 15.7 Å². The lowest BCUT2D eigenvalue weighted by atomic mass is 10.1. The Balaban J connectivity index is 2.55. The molecule has 1 aromatic rings. The molecule has 2 amide bonds. The largest absolute Gasteiger partial charge is 0.391 e. The van der Waals surface area contributed by atoms with Crippen molar-refractivity contribution in [3.63, 3.8) is 0 Å². The number of aliphatic hydroxyl groups is 1. The summed E-state index contributed by atoms with van der Waals surface area (Å²) in [4.78, 5) is 15.4. The van der Waals surface area contributed by atoms with Crippen LogP contribution in [0, 0.1) is 0 Å². The van der Waals surface area contributed by atoms with Crippen molar-refractivity contribution >= 4 is 23.3 Å². The molecule has 0 saturated carbocycles. The molecule has 5 nitrogen and oxygen atoms in total. The molecular formula is C11H16ClN3O2. The van der Waals surface area contributed by atoms with E-state index in [1.165, 1.54) is 6.20 Å². The number of aromatic nitrogens is 1. The van der Waals surface area contributed by atoms with Gasteiger partial charge in [0.05, 0.1) is 12.1 Å². The van der Waals surface area contributed by atoms with Crippen molar-refractivity contribution in [1.29, 1.82) is 0 Å². The van der Waals surface area contributed by atoms with Gasteiger partial charge >= 0.3 is 6.03 Å². The molecule has 0 saturated heterocycles. The van der Waals surface area contributed by atoms with E-state index in [0.717, 1.165) is 0 Å². The minimum Gasteiger partial charge on any atom is -0.391 e. The Bertz CT molecular complexity index is 385. The molecule has 0 aromatic carbocycles. The highest BCUT2D eigenvalue weighted by Gasteiger charge is 2.15. The highest BCUT2D eigenvalue weighted by molar-refractivity contribution is 6.29. The maximum Gasteiger partial charge on any atom is 0.319 e. The van der Waals surface area contributed by atoms with Gasteiger partial charge in [-0.05, 0) is 25.5 Å². The Hall–Kier alpha value is -1.33. The fourth-order valence-corrected chi connectivity index (χ4v) is 1.55. The molecule has 1 aromatic heterocycles. The molecule has 17 heavy (non-hydrogen) atoms. The van der Waals surface area contributed by atoms with Gasteiger partial charge in [-0.1, -0.05) is 18.5 Å². The van der Waals surface area contributed by atoms with Gasteiger partial charge in [-0.15, -0.1) is 0 Å². The fourth-order valence-electron chi connectivity index (χ4n) is 1.38. The molecule has 0 aliphatic rings. The van der Waals surface area contributed by atoms with Crippen molar-refractivity contribution in [2.24, 2.45) is 0 Å². The lowest BCUT2D eigenvalue weighted by Crippen LogP contribution is -2.43. The summed E-state index contributed by atoms with van der Waals surface area (Å²) < 4.78 is 0. The first-order valence-corrected chi connectivity index (χ1v) is 5.78. The number of carbonyl (C=O) groups is 1. The first-order chi connectivity index (χ1) is 8.02. The molecule has 94 valence electrons. The molecule has 2 atom stereocenters. The number of aliphatic hydroxyl groups excluding tert-OH is 1. The number of hydrogen-bond donors (Lipinski definition) is 3. The van der Waals surface area contributed by atoms with Gasteiger partial charge in [0, 0.05) is 11.9 Å². The molecule has 0 radical (unpaired) electrons. The van der Waals surface area contributed by atoms with Gasteiger partial charge in [0.1, 0.15) is 5.15 Å². The summed E-state index contributed by atoms with van der Waals surface area (Å²) in [5, 5.41) is 15.0. The number of pyridine rings is 1. The van der Waals surface area contributed by atoms with Crippen LogP contribution >= 0.6 is 11.6 Å². The third-order valence-corrected chi connectivity index (χ3v) is 2.53. The maximum atomic E-state index is 11.6. The third kappa shape index (κ3) is 4.58. The molecule has 2 unspecified atom stereocenters. The third-order valence-electron chi connectivity index (χ3n) is 2.32. The number of amides is 2. The van der Waals surface area contributed by atoms with Crippen LogP contribution in [0.15, 0.2) is 18.3 Å². The maximum absolute atomic E-state index is 11.6. The molecule has 0 fully saturated rings. The van der Waals surface area contributed by atoms with Crippen LogP contribution in [-0.4, -0.2) is 28.3 Å². The second-order valence-electron chi connectivity index (χ2n) is 3.72. The van der Waals surface area contributed by atoms with Crippen LogP contribution in [0.4, 0.5) is 10.5 Å². The van der Waals surface area contributed by atoms with Crippen LogP contribution < -0.4 is 10.6 Å². The summed E-state index contributed by atoms with van der Waals surface area (Å²) in [5.41, 5.74) is 0.558. The number of anilines is 1. The smallest absolute Gasteiger partial charge is 0.319 e. The van der Waals surface area contributed by atoms with Crippen molar-refractivity contribution < 1.29 is 9.90 Å². The van der Waals surface area contributed by atoms with E-state index in [0.29, 0.717) is 17.3 Å². The van der Waals surface area contributed by atoms with E-state index in [-0.39, 0.29) is 12.1 Å². The van der Waals surface area contributed by atoms with Crippen LogP contribution in [-0.2, 0) is 0 Å². The van der Waals surface area contributed by atoms with Crippen molar-refractivity contribution in [3.05, 3.63) is 23.5 Å². The Morgan fingerprint density at radius 1 is 1.65 bits per heavy atom. The lowest BCUT2D eigenvalue weighted by Gasteiger charge is -2.19.